The van der Waals surface area contributed by atoms with Gasteiger partial charge in [-0.05, 0) is 24.5 Å². The van der Waals surface area contributed by atoms with E-state index < -0.39 is 0 Å². The van der Waals surface area contributed by atoms with E-state index in [-0.39, 0.29) is 11.8 Å². The quantitative estimate of drug-likeness (QED) is 0.716. The van der Waals surface area contributed by atoms with Crippen molar-refractivity contribution in [3.8, 4) is 0 Å². The van der Waals surface area contributed by atoms with Crippen molar-refractivity contribution in [1.82, 2.24) is 15.5 Å². The number of aromatic nitrogens is 2. The van der Waals surface area contributed by atoms with Crippen molar-refractivity contribution in [3.05, 3.63) is 36.3 Å². The molecule has 0 radical (unpaired) electrons. The summed E-state index contributed by atoms with van der Waals surface area (Å²) >= 11 is 0. The molecule has 0 spiro atoms. The summed E-state index contributed by atoms with van der Waals surface area (Å²) in [6.07, 6.45) is 4.87. The lowest BCUT2D eigenvalue weighted by Gasteiger charge is -2.23. The minimum Gasteiger partial charge on any atom is -0.330 e. The average molecular weight is 189 g/mol. The second-order valence-corrected chi connectivity index (χ2v) is 3.36. The Morgan fingerprint density at radius 1 is 1.50 bits per heavy atom. The molecule has 1 atom stereocenters. The van der Waals surface area contributed by atoms with E-state index in [9.17, 15) is 4.79 Å². The first-order valence-corrected chi connectivity index (χ1v) is 4.52. The number of rotatable bonds is 1. The van der Waals surface area contributed by atoms with Crippen LogP contribution in [0.2, 0.25) is 0 Å². The van der Waals surface area contributed by atoms with Crippen molar-refractivity contribution in [2.75, 3.05) is 0 Å². The lowest BCUT2D eigenvalue weighted by molar-refractivity contribution is -0.122. The molecule has 0 saturated carbocycles. The van der Waals surface area contributed by atoms with Crippen LogP contribution in [-0.4, -0.2) is 16.1 Å². The fourth-order valence-corrected chi connectivity index (χ4v) is 1.60. The highest BCUT2D eigenvalue weighted by Gasteiger charge is 2.25. The van der Waals surface area contributed by atoms with E-state index in [1.807, 2.05) is 6.07 Å². The van der Waals surface area contributed by atoms with Crippen molar-refractivity contribution < 1.29 is 4.79 Å². The first-order valence-electron chi connectivity index (χ1n) is 4.52. The van der Waals surface area contributed by atoms with Crippen molar-refractivity contribution >= 4 is 5.91 Å². The van der Waals surface area contributed by atoms with Crippen LogP contribution in [0.3, 0.4) is 0 Å². The largest absolute Gasteiger partial charge is 0.330 e. The minimum absolute atomic E-state index is 0.00856. The summed E-state index contributed by atoms with van der Waals surface area (Å²) in [5.74, 6) is -0.0924. The van der Waals surface area contributed by atoms with Crippen molar-refractivity contribution in [3.63, 3.8) is 0 Å². The van der Waals surface area contributed by atoms with Gasteiger partial charge in [0.25, 0.3) is 0 Å². The molecule has 2 heterocycles. The molecule has 4 heteroatoms. The first-order chi connectivity index (χ1) is 6.77. The summed E-state index contributed by atoms with van der Waals surface area (Å²) in [6.45, 7) is 3.73. The average Bonchev–Trinajstić information content (AvgIpc) is 2.19. The maximum Gasteiger partial charge on any atom is 0.231 e. The summed E-state index contributed by atoms with van der Waals surface area (Å²) in [4.78, 5) is 11.6. The van der Waals surface area contributed by atoms with Crippen LogP contribution in [0.25, 0.3) is 0 Å². The molecule has 1 aromatic rings. The molecule has 1 fully saturated rings. The Bertz CT molecular complexity index is 361. The van der Waals surface area contributed by atoms with Crippen molar-refractivity contribution in [2.24, 2.45) is 0 Å². The molecule has 72 valence electrons. The predicted octanol–water partition coefficient (Wildman–Crippen LogP) is 0.984. The Morgan fingerprint density at radius 3 is 3.00 bits per heavy atom. The second kappa shape index (κ2) is 3.57. The smallest absolute Gasteiger partial charge is 0.231 e. The maximum absolute atomic E-state index is 11.6. The summed E-state index contributed by atoms with van der Waals surface area (Å²) in [7, 11) is 0. The summed E-state index contributed by atoms with van der Waals surface area (Å²) in [5, 5.41) is 10.2. The number of nitrogens with one attached hydrogen (secondary N) is 1. The topological polar surface area (TPSA) is 54.9 Å². The van der Waals surface area contributed by atoms with Gasteiger partial charge in [-0.15, -0.1) is 0 Å². The Balaban J connectivity index is 2.20. The number of carbonyl (C=O) groups is 1. The summed E-state index contributed by atoms with van der Waals surface area (Å²) in [5.41, 5.74) is 1.72. The van der Waals surface area contributed by atoms with Gasteiger partial charge in [-0.2, -0.15) is 10.2 Å². The van der Waals surface area contributed by atoms with Gasteiger partial charge in [-0.1, -0.05) is 6.58 Å². The van der Waals surface area contributed by atoms with Gasteiger partial charge in [0.2, 0.25) is 5.91 Å². The number of allylic oxidation sites excluding steroid dienone is 1. The van der Waals surface area contributed by atoms with Gasteiger partial charge in [0.05, 0.1) is 12.1 Å². The van der Waals surface area contributed by atoms with Gasteiger partial charge in [-0.25, -0.2) is 0 Å². The minimum atomic E-state index is -0.101. The number of carbonyl (C=O) groups excluding carboxylic acids is 1. The molecule has 1 aromatic heterocycles. The zero-order chi connectivity index (χ0) is 9.97. The van der Waals surface area contributed by atoms with E-state index in [2.05, 4.69) is 22.1 Å². The van der Waals surface area contributed by atoms with Crippen molar-refractivity contribution in [2.45, 2.75) is 18.8 Å². The first kappa shape index (κ1) is 8.87. The molecule has 2 rings (SSSR count). The van der Waals surface area contributed by atoms with Gasteiger partial charge in [0.1, 0.15) is 0 Å². The van der Waals surface area contributed by atoms with E-state index in [0.29, 0.717) is 0 Å². The van der Waals surface area contributed by atoms with Crippen LogP contribution in [0.4, 0.5) is 0 Å². The monoisotopic (exact) mass is 189 g/mol. The standard InChI is InChI=1S/C10H11N3O/c1-7-2-3-9(10(14)13-7)8-4-5-11-12-6-8/h4-6,9H,1-3H2,(H,13,14). The van der Waals surface area contributed by atoms with Gasteiger partial charge in [0.15, 0.2) is 0 Å². The number of nitrogens with zero attached hydrogens (tertiary/aromatic N) is 2. The Morgan fingerprint density at radius 2 is 2.36 bits per heavy atom. The van der Waals surface area contributed by atoms with Crippen LogP contribution in [0.15, 0.2) is 30.7 Å². The Kier molecular flexibility index (Phi) is 2.26. The van der Waals surface area contributed by atoms with E-state index in [0.717, 1.165) is 24.1 Å². The Labute approximate surface area is 82.0 Å². The normalized spacial score (nSPS) is 21.9. The lowest BCUT2D eigenvalue weighted by Crippen LogP contribution is -2.33. The molecular formula is C10H11N3O. The zero-order valence-corrected chi connectivity index (χ0v) is 7.73. The molecule has 1 aliphatic heterocycles. The second-order valence-electron chi connectivity index (χ2n) is 3.36. The van der Waals surface area contributed by atoms with Crippen LogP contribution < -0.4 is 5.32 Å². The van der Waals surface area contributed by atoms with Gasteiger partial charge < -0.3 is 5.32 Å². The lowest BCUT2D eigenvalue weighted by atomic mass is 9.91. The number of hydrogen-bond acceptors (Lipinski definition) is 3. The zero-order valence-electron chi connectivity index (χ0n) is 7.73. The fraction of sp³-hybridized carbons (Fsp3) is 0.300. The molecule has 1 unspecified atom stereocenters. The molecule has 0 bridgehead atoms. The fourth-order valence-electron chi connectivity index (χ4n) is 1.60. The van der Waals surface area contributed by atoms with Gasteiger partial charge >= 0.3 is 0 Å². The molecular weight excluding hydrogens is 178 g/mol. The van der Waals surface area contributed by atoms with Crippen LogP contribution in [-0.2, 0) is 4.79 Å². The number of piperidine rings is 1. The molecule has 0 aromatic carbocycles. The predicted molar refractivity (Wildman–Crippen MR) is 51.3 cm³/mol. The van der Waals surface area contributed by atoms with Crippen molar-refractivity contribution in [1.29, 1.82) is 0 Å². The molecule has 1 N–H and O–H groups in total. The third-order valence-corrected chi connectivity index (χ3v) is 2.36. The van der Waals surface area contributed by atoms with Crippen LogP contribution >= 0.6 is 0 Å². The molecule has 1 aliphatic rings. The summed E-state index contributed by atoms with van der Waals surface area (Å²) < 4.78 is 0. The third-order valence-electron chi connectivity index (χ3n) is 2.36. The molecule has 0 aliphatic carbocycles. The highest BCUT2D eigenvalue weighted by molar-refractivity contribution is 5.85. The van der Waals surface area contributed by atoms with E-state index >= 15 is 0 Å². The third kappa shape index (κ3) is 1.64. The van der Waals surface area contributed by atoms with Crippen LogP contribution in [0.5, 0.6) is 0 Å². The maximum atomic E-state index is 11.6. The molecule has 14 heavy (non-hydrogen) atoms. The Hall–Kier alpha value is -1.71. The van der Waals surface area contributed by atoms with E-state index in [4.69, 9.17) is 0 Å². The van der Waals surface area contributed by atoms with E-state index in [1.54, 1.807) is 12.4 Å². The van der Waals surface area contributed by atoms with Crippen LogP contribution in [0.1, 0.15) is 24.3 Å². The molecule has 4 nitrogen and oxygen atoms in total. The number of hydrogen-bond donors (Lipinski definition) is 1. The van der Waals surface area contributed by atoms with Gasteiger partial charge in [-0.3, -0.25) is 4.79 Å². The summed E-state index contributed by atoms with van der Waals surface area (Å²) in [6, 6.07) is 1.82. The van der Waals surface area contributed by atoms with Crippen LogP contribution in [0, 0.1) is 0 Å². The molecule has 1 saturated heterocycles. The highest BCUT2D eigenvalue weighted by atomic mass is 16.1. The van der Waals surface area contributed by atoms with E-state index in [1.165, 1.54) is 0 Å². The SMILES string of the molecule is C=C1CCC(c2ccnnc2)C(=O)N1. The van der Waals surface area contributed by atoms with Gasteiger partial charge in [0, 0.05) is 11.9 Å². The number of amides is 1. The molecule has 1 amide bonds. The highest BCUT2D eigenvalue weighted by Crippen LogP contribution is 2.25.